The summed E-state index contributed by atoms with van der Waals surface area (Å²) in [5, 5.41) is 11.4. The van der Waals surface area contributed by atoms with Crippen LogP contribution in [0, 0.1) is 13.8 Å². The van der Waals surface area contributed by atoms with Crippen LogP contribution in [0.25, 0.3) is 38.8 Å². The van der Waals surface area contributed by atoms with E-state index in [9.17, 15) is 4.79 Å². The fourth-order valence-electron chi connectivity index (χ4n) is 4.82. The van der Waals surface area contributed by atoms with Crippen LogP contribution >= 0.6 is 0 Å². The SMILES string of the molecule is Cc1ccccc1-n1c(Cn2nc(-c3cnn(C)c3)c3c(N)ncnc32)cc2cccc(C)c2c1=O. The predicted molar refractivity (Wildman–Crippen MR) is 140 cm³/mol. The molecule has 0 fully saturated rings. The molecule has 178 valence electrons. The number of benzene rings is 2. The van der Waals surface area contributed by atoms with Crippen molar-refractivity contribution in [3.63, 3.8) is 0 Å². The van der Waals surface area contributed by atoms with Gasteiger partial charge in [0.05, 0.1) is 29.2 Å². The Hall–Kier alpha value is -4.79. The number of rotatable bonds is 4. The molecule has 0 unspecified atom stereocenters. The summed E-state index contributed by atoms with van der Waals surface area (Å²) in [6.45, 7) is 4.28. The maximum Gasteiger partial charge on any atom is 0.263 e. The van der Waals surface area contributed by atoms with Gasteiger partial charge in [-0.05, 0) is 42.5 Å². The van der Waals surface area contributed by atoms with Crippen molar-refractivity contribution in [3.8, 4) is 16.9 Å². The first-order valence-corrected chi connectivity index (χ1v) is 11.6. The molecule has 0 spiro atoms. The second kappa shape index (κ2) is 8.16. The minimum absolute atomic E-state index is 0.0621. The van der Waals surface area contributed by atoms with E-state index >= 15 is 0 Å². The van der Waals surface area contributed by atoms with Crippen LogP contribution in [0.5, 0.6) is 0 Å². The molecule has 0 aliphatic rings. The van der Waals surface area contributed by atoms with Crippen molar-refractivity contribution in [3.05, 3.63) is 94.4 Å². The molecule has 0 radical (unpaired) electrons. The molecule has 2 N–H and O–H groups in total. The number of anilines is 1. The highest BCUT2D eigenvalue weighted by molar-refractivity contribution is 5.98. The molecule has 6 aromatic rings. The molecular weight excluding hydrogens is 452 g/mol. The number of nitrogens with two attached hydrogens (primary N) is 1. The number of aryl methyl sites for hydroxylation is 3. The molecule has 4 aromatic heterocycles. The van der Waals surface area contributed by atoms with Gasteiger partial charge < -0.3 is 5.73 Å². The Kier molecular flexibility index (Phi) is 4.92. The maximum atomic E-state index is 13.9. The number of nitrogens with zero attached hydrogens (tertiary/aromatic N) is 7. The lowest BCUT2D eigenvalue weighted by atomic mass is 10.1. The zero-order valence-corrected chi connectivity index (χ0v) is 20.2. The first kappa shape index (κ1) is 21.7. The van der Waals surface area contributed by atoms with Gasteiger partial charge in [0.15, 0.2) is 5.65 Å². The van der Waals surface area contributed by atoms with Gasteiger partial charge >= 0.3 is 0 Å². The van der Waals surface area contributed by atoms with Gasteiger partial charge in [-0.25, -0.2) is 14.6 Å². The third-order valence-electron chi connectivity index (χ3n) is 6.54. The number of para-hydroxylation sites is 1. The summed E-state index contributed by atoms with van der Waals surface area (Å²) in [4.78, 5) is 22.6. The van der Waals surface area contributed by atoms with Gasteiger partial charge in [0.1, 0.15) is 17.8 Å². The summed E-state index contributed by atoms with van der Waals surface area (Å²) in [6.07, 6.45) is 5.04. The Labute approximate surface area is 206 Å². The molecule has 36 heavy (non-hydrogen) atoms. The Balaban J connectivity index is 1.63. The number of nitrogen functional groups attached to an aromatic ring is 1. The molecule has 4 heterocycles. The predicted octanol–water partition coefficient (Wildman–Crippen LogP) is 3.78. The Morgan fingerprint density at radius 3 is 2.56 bits per heavy atom. The third kappa shape index (κ3) is 3.36. The fourth-order valence-corrected chi connectivity index (χ4v) is 4.82. The molecular formula is C27H24N8O. The smallest absolute Gasteiger partial charge is 0.263 e. The van der Waals surface area contributed by atoms with Gasteiger partial charge in [0.25, 0.3) is 5.56 Å². The van der Waals surface area contributed by atoms with Crippen LogP contribution in [0.1, 0.15) is 16.8 Å². The lowest BCUT2D eigenvalue weighted by Crippen LogP contribution is -2.25. The average molecular weight is 477 g/mol. The van der Waals surface area contributed by atoms with Gasteiger partial charge in [0, 0.05) is 24.5 Å². The molecule has 0 saturated heterocycles. The second-order valence-electron chi connectivity index (χ2n) is 8.97. The minimum Gasteiger partial charge on any atom is -0.383 e. The highest BCUT2D eigenvalue weighted by atomic mass is 16.1. The fraction of sp³-hybridized carbons (Fsp3) is 0.148. The lowest BCUT2D eigenvalue weighted by molar-refractivity contribution is 0.671. The Morgan fingerprint density at radius 1 is 0.972 bits per heavy atom. The van der Waals surface area contributed by atoms with Crippen LogP contribution in [0.4, 0.5) is 5.82 Å². The summed E-state index contributed by atoms with van der Waals surface area (Å²) in [5.41, 5.74) is 11.8. The third-order valence-corrected chi connectivity index (χ3v) is 6.54. The molecule has 0 atom stereocenters. The van der Waals surface area contributed by atoms with Gasteiger partial charge in [-0.2, -0.15) is 10.2 Å². The van der Waals surface area contributed by atoms with Gasteiger partial charge in [-0.1, -0.05) is 36.4 Å². The largest absolute Gasteiger partial charge is 0.383 e. The molecule has 0 aliphatic heterocycles. The zero-order chi connectivity index (χ0) is 25.0. The second-order valence-corrected chi connectivity index (χ2v) is 8.97. The first-order chi connectivity index (χ1) is 17.4. The summed E-state index contributed by atoms with van der Waals surface area (Å²) in [6, 6.07) is 15.8. The van der Waals surface area contributed by atoms with E-state index in [0.717, 1.165) is 33.5 Å². The molecule has 9 heteroatoms. The van der Waals surface area contributed by atoms with E-state index in [1.54, 1.807) is 20.1 Å². The van der Waals surface area contributed by atoms with E-state index in [-0.39, 0.29) is 5.56 Å². The van der Waals surface area contributed by atoms with Crippen molar-refractivity contribution in [2.45, 2.75) is 20.4 Å². The first-order valence-electron chi connectivity index (χ1n) is 11.6. The number of hydrogen-bond donors (Lipinski definition) is 1. The quantitative estimate of drug-likeness (QED) is 0.415. The summed E-state index contributed by atoms with van der Waals surface area (Å²) >= 11 is 0. The number of pyridine rings is 1. The molecule has 6 rings (SSSR count). The van der Waals surface area contributed by atoms with Crippen LogP contribution in [-0.2, 0) is 13.6 Å². The van der Waals surface area contributed by atoms with Crippen LogP contribution in [0.15, 0.2) is 72.0 Å². The highest BCUT2D eigenvalue weighted by Gasteiger charge is 2.20. The van der Waals surface area contributed by atoms with Gasteiger partial charge in [0.2, 0.25) is 0 Å². The number of aromatic nitrogens is 7. The molecule has 9 nitrogen and oxygen atoms in total. The molecule has 0 amide bonds. The standard InChI is InChI=1S/C27H24N8O/c1-16-7-4-5-10-21(16)35-20(11-18-9-6-8-17(2)22(18)27(35)36)14-34-26-23(25(28)29-15-30-26)24(32-34)19-12-31-33(3)13-19/h4-13,15H,14H2,1-3H3,(H2,28,29,30). The van der Waals surface area contributed by atoms with Crippen LogP contribution in [-0.4, -0.2) is 34.1 Å². The van der Waals surface area contributed by atoms with Gasteiger partial charge in [-0.15, -0.1) is 0 Å². The van der Waals surface area contributed by atoms with E-state index in [2.05, 4.69) is 21.1 Å². The topological polar surface area (TPSA) is 109 Å². The summed E-state index contributed by atoms with van der Waals surface area (Å²) in [5.74, 6) is 0.343. The van der Waals surface area contributed by atoms with E-state index in [0.29, 0.717) is 34.5 Å². The van der Waals surface area contributed by atoms with Crippen LogP contribution in [0.2, 0.25) is 0 Å². The lowest BCUT2D eigenvalue weighted by Gasteiger charge is -2.17. The van der Waals surface area contributed by atoms with Gasteiger partial charge in [-0.3, -0.25) is 14.0 Å². The van der Waals surface area contributed by atoms with Crippen molar-refractivity contribution in [2.75, 3.05) is 5.73 Å². The Morgan fingerprint density at radius 2 is 1.78 bits per heavy atom. The maximum absolute atomic E-state index is 13.9. The molecule has 0 aliphatic carbocycles. The minimum atomic E-state index is -0.0621. The number of hydrogen-bond acceptors (Lipinski definition) is 6. The van der Waals surface area contributed by atoms with Crippen molar-refractivity contribution in [1.82, 2.24) is 34.1 Å². The van der Waals surface area contributed by atoms with Crippen LogP contribution in [0.3, 0.4) is 0 Å². The average Bonchev–Trinajstić information content (AvgIpc) is 3.44. The van der Waals surface area contributed by atoms with Crippen molar-refractivity contribution in [1.29, 1.82) is 0 Å². The van der Waals surface area contributed by atoms with E-state index in [1.807, 2.05) is 69.6 Å². The van der Waals surface area contributed by atoms with Crippen molar-refractivity contribution < 1.29 is 0 Å². The zero-order valence-electron chi connectivity index (χ0n) is 20.2. The normalized spacial score (nSPS) is 11.5. The number of fused-ring (bicyclic) bond motifs is 2. The summed E-state index contributed by atoms with van der Waals surface area (Å²) in [7, 11) is 1.85. The van der Waals surface area contributed by atoms with Crippen LogP contribution < -0.4 is 11.3 Å². The molecule has 0 saturated carbocycles. The monoisotopic (exact) mass is 476 g/mol. The van der Waals surface area contributed by atoms with Crippen molar-refractivity contribution >= 4 is 27.6 Å². The molecule has 0 bridgehead atoms. The highest BCUT2D eigenvalue weighted by Crippen LogP contribution is 2.30. The van der Waals surface area contributed by atoms with Crippen molar-refractivity contribution in [2.24, 2.45) is 7.05 Å². The summed E-state index contributed by atoms with van der Waals surface area (Å²) < 4.78 is 5.27. The van der Waals surface area contributed by atoms with E-state index < -0.39 is 0 Å². The van der Waals surface area contributed by atoms with E-state index in [1.165, 1.54) is 6.33 Å². The van der Waals surface area contributed by atoms with E-state index in [4.69, 9.17) is 10.8 Å². The molecule has 2 aromatic carbocycles. The Bertz CT molecular complexity index is 1840.